The number of carbonyl (C=O) groups excluding carboxylic acids is 2. The van der Waals surface area contributed by atoms with Crippen molar-refractivity contribution in [2.75, 3.05) is 5.73 Å². The lowest BCUT2D eigenvalue weighted by Crippen LogP contribution is -2.15. The molecular weight excluding hydrogens is 425 g/mol. The largest absolute Gasteiger partial charge is 0.373 e. The molecule has 4 rings (SSSR count). The summed E-state index contributed by atoms with van der Waals surface area (Å²) >= 11 is 0. The number of hydrogen-bond acceptors (Lipinski definition) is 8. The number of nitrogens with zero attached hydrogens (tertiary/aromatic N) is 6. The molecule has 168 valence electrons. The maximum atomic E-state index is 13.6. The number of nitrogen functional groups attached to an aromatic ring is 1. The van der Waals surface area contributed by atoms with Gasteiger partial charge in [0.2, 0.25) is 5.95 Å². The van der Waals surface area contributed by atoms with Crippen LogP contribution in [0.2, 0.25) is 0 Å². The van der Waals surface area contributed by atoms with Crippen LogP contribution in [0.1, 0.15) is 32.2 Å². The molecule has 33 heavy (non-hydrogen) atoms. The Morgan fingerprint density at radius 2 is 1.67 bits per heavy atom. The summed E-state index contributed by atoms with van der Waals surface area (Å²) in [6.45, 7) is 6.86. The molecule has 4 aromatic rings. The molecule has 0 fully saturated rings. The molecule has 2 N–H and O–H groups in total. The van der Waals surface area contributed by atoms with Gasteiger partial charge in [0, 0.05) is 16.7 Å². The van der Waals surface area contributed by atoms with Crippen molar-refractivity contribution in [1.29, 1.82) is 0 Å². The third-order valence-corrected chi connectivity index (χ3v) is 4.56. The summed E-state index contributed by atoms with van der Waals surface area (Å²) < 4.78 is 15.3. The van der Waals surface area contributed by atoms with Crippen molar-refractivity contribution in [2.45, 2.75) is 32.7 Å². The molecular formula is C23H22FN7O2. The van der Waals surface area contributed by atoms with Crippen molar-refractivity contribution < 1.29 is 14.0 Å². The summed E-state index contributed by atoms with van der Waals surface area (Å²) in [5.74, 6) is -0.261. The second kappa shape index (κ2) is 9.88. The topological polar surface area (TPSA) is 130 Å². The van der Waals surface area contributed by atoms with Gasteiger partial charge in [0.25, 0.3) is 0 Å². The smallest absolute Gasteiger partial charge is 0.368 e. The Morgan fingerprint density at radius 3 is 2.36 bits per heavy atom. The van der Waals surface area contributed by atoms with E-state index in [0.717, 1.165) is 11.4 Å². The quantitative estimate of drug-likeness (QED) is 0.504. The van der Waals surface area contributed by atoms with E-state index in [1.807, 2.05) is 18.2 Å². The lowest BCUT2D eigenvalue weighted by atomic mass is 9.91. The minimum atomic E-state index is -0.345. The van der Waals surface area contributed by atoms with E-state index in [-0.39, 0.29) is 23.3 Å². The molecule has 0 saturated heterocycles. The molecule has 0 saturated carbocycles. The van der Waals surface area contributed by atoms with Crippen LogP contribution < -0.4 is 5.73 Å². The van der Waals surface area contributed by atoms with Gasteiger partial charge in [0.1, 0.15) is 11.5 Å². The van der Waals surface area contributed by atoms with Gasteiger partial charge in [-0.3, -0.25) is 4.98 Å². The Labute approximate surface area is 189 Å². The van der Waals surface area contributed by atoms with Crippen molar-refractivity contribution in [1.82, 2.24) is 29.9 Å². The van der Waals surface area contributed by atoms with Crippen molar-refractivity contribution in [3.05, 3.63) is 71.9 Å². The number of hydrogen-bond donors (Lipinski definition) is 1. The Morgan fingerprint density at radius 1 is 0.970 bits per heavy atom. The maximum Gasteiger partial charge on any atom is 0.373 e. The van der Waals surface area contributed by atoms with Gasteiger partial charge in [-0.25, -0.2) is 19.0 Å². The van der Waals surface area contributed by atoms with Crippen molar-refractivity contribution in [3.63, 3.8) is 0 Å². The highest BCUT2D eigenvalue weighted by Gasteiger charge is 2.16. The number of pyridine rings is 1. The minimum absolute atomic E-state index is 0.0324. The van der Waals surface area contributed by atoms with E-state index in [1.165, 1.54) is 12.1 Å². The third kappa shape index (κ3) is 6.11. The van der Waals surface area contributed by atoms with Crippen LogP contribution in [0.4, 0.5) is 10.3 Å². The molecule has 0 aliphatic rings. The fourth-order valence-electron chi connectivity index (χ4n) is 3.04. The van der Waals surface area contributed by atoms with E-state index in [2.05, 4.69) is 41.1 Å². The molecule has 0 atom stereocenters. The van der Waals surface area contributed by atoms with Crippen molar-refractivity contribution in [2.24, 2.45) is 0 Å². The Kier molecular flexibility index (Phi) is 7.00. The molecule has 9 nitrogen and oxygen atoms in total. The van der Waals surface area contributed by atoms with Crippen LogP contribution in [0.25, 0.3) is 22.6 Å². The zero-order valence-electron chi connectivity index (χ0n) is 18.4. The number of nitrogens with two attached hydrogens (primary N) is 1. The van der Waals surface area contributed by atoms with Gasteiger partial charge in [0.05, 0.1) is 29.8 Å². The average molecular weight is 447 g/mol. The molecule has 0 unspecified atom stereocenters. The average Bonchev–Trinajstić information content (AvgIpc) is 3.22. The van der Waals surface area contributed by atoms with E-state index in [1.54, 1.807) is 29.1 Å². The zero-order valence-corrected chi connectivity index (χ0v) is 18.4. The summed E-state index contributed by atoms with van der Waals surface area (Å²) in [6, 6.07) is 13.9. The van der Waals surface area contributed by atoms with Gasteiger partial charge < -0.3 is 5.73 Å². The predicted octanol–water partition coefficient (Wildman–Crippen LogP) is 3.28. The molecule has 0 amide bonds. The van der Waals surface area contributed by atoms with E-state index in [9.17, 15) is 4.39 Å². The number of rotatable bonds is 4. The van der Waals surface area contributed by atoms with Crippen molar-refractivity contribution in [3.8, 4) is 22.6 Å². The predicted molar refractivity (Wildman–Crippen MR) is 118 cm³/mol. The van der Waals surface area contributed by atoms with Crippen LogP contribution in [0.15, 0.2) is 54.7 Å². The second-order valence-corrected chi connectivity index (χ2v) is 8.16. The lowest BCUT2D eigenvalue weighted by Gasteiger charge is -2.18. The fourth-order valence-corrected chi connectivity index (χ4v) is 3.04. The van der Waals surface area contributed by atoms with Gasteiger partial charge >= 0.3 is 6.15 Å². The van der Waals surface area contributed by atoms with Crippen LogP contribution >= 0.6 is 0 Å². The number of halogens is 1. The first-order valence-corrected chi connectivity index (χ1v) is 9.96. The van der Waals surface area contributed by atoms with Crippen LogP contribution in [-0.4, -0.2) is 36.1 Å². The highest BCUT2D eigenvalue weighted by Crippen LogP contribution is 2.24. The SMILES string of the molecule is CC(C)(C)c1cccc(Cn2cc(-c3cc(-c4cccc(F)c4)nc(N)n3)nn2)n1.O=C=O. The third-order valence-electron chi connectivity index (χ3n) is 4.56. The molecule has 3 aromatic heterocycles. The fraction of sp³-hybridized carbons (Fsp3) is 0.217. The van der Waals surface area contributed by atoms with Gasteiger partial charge in [0.15, 0.2) is 0 Å². The Balaban J connectivity index is 0.000000968. The highest BCUT2D eigenvalue weighted by molar-refractivity contribution is 5.67. The van der Waals surface area contributed by atoms with E-state index >= 15 is 0 Å². The molecule has 0 bridgehead atoms. The number of benzene rings is 1. The summed E-state index contributed by atoms with van der Waals surface area (Å²) in [5, 5.41) is 8.40. The number of anilines is 1. The lowest BCUT2D eigenvalue weighted by molar-refractivity contribution is -0.191. The normalized spacial score (nSPS) is 10.8. The monoisotopic (exact) mass is 447 g/mol. The summed E-state index contributed by atoms with van der Waals surface area (Å²) in [4.78, 5) is 29.5. The van der Waals surface area contributed by atoms with Gasteiger partial charge in [-0.2, -0.15) is 9.59 Å². The van der Waals surface area contributed by atoms with Gasteiger partial charge in [-0.1, -0.05) is 44.2 Å². The van der Waals surface area contributed by atoms with E-state index in [4.69, 9.17) is 20.3 Å². The molecule has 0 spiro atoms. The summed E-state index contributed by atoms with van der Waals surface area (Å²) in [7, 11) is 0. The van der Waals surface area contributed by atoms with E-state index in [0.29, 0.717) is 29.2 Å². The minimum Gasteiger partial charge on any atom is -0.368 e. The van der Waals surface area contributed by atoms with Crippen LogP contribution in [0, 0.1) is 5.82 Å². The first-order chi connectivity index (χ1) is 15.7. The molecule has 10 heteroatoms. The van der Waals surface area contributed by atoms with Crippen LogP contribution in [-0.2, 0) is 21.5 Å². The molecule has 0 aliphatic heterocycles. The molecule has 0 aliphatic carbocycles. The zero-order chi connectivity index (χ0) is 24.0. The maximum absolute atomic E-state index is 13.6. The van der Waals surface area contributed by atoms with Crippen LogP contribution in [0.5, 0.6) is 0 Å². The van der Waals surface area contributed by atoms with Gasteiger partial charge in [-0.15, -0.1) is 5.10 Å². The summed E-state index contributed by atoms with van der Waals surface area (Å²) in [6.07, 6.45) is 2.03. The van der Waals surface area contributed by atoms with Gasteiger partial charge in [-0.05, 0) is 30.3 Å². The molecule has 0 radical (unpaired) electrons. The number of aromatic nitrogens is 6. The first-order valence-electron chi connectivity index (χ1n) is 9.96. The first kappa shape index (κ1) is 23.4. The van der Waals surface area contributed by atoms with Crippen molar-refractivity contribution >= 4 is 12.1 Å². The Hall–Kier alpha value is -4.30. The molecule has 3 heterocycles. The van der Waals surface area contributed by atoms with E-state index < -0.39 is 0 Å². The molecule has 1 aromatic carbocycles. The summed E-state index contributed by atoms with van der Waals surface area (Å²) in [5.41, 5.74) is 9.95. The Bertz CT molecular complexity index is 1290. The van der Waals surface area contributed by atoms with Crippen LogP contribution in [0.3, 0.4) is 0 Å². The standard InChI is InChI=1S/C22H22FN7.CO2/c1-22(2,3)20-9-5-8-16(25-20)12-30-13-19(28-29-30)18-11-17(26-21(24)27-18)14-6-4-7-15(23)10-14;2-1-3/h4-11,13H,12H2,1-3H3,(H2,24,26,27);. The highest BCUT2D eigenvalue weighted by atomic mass is 19.1. The second-order valence-electron chi connectivity index (χ2n) is 8.16.